The molecular weight excluding hydrogens is 238 g/mol. The van der Waals surface area contributed by atoms with Crippen molar-refractivity contribution < 1.29 is 0 Å². The molecule has 0 amide bonds. The zero-order valence-electron chi connectivity index (χ0n) is 10.9. The highest BCUT2D eigenvalue weighted by Gasteiger charge is 2.26. The summed E-state index contributed by atoms with van der Waals surface area (Å²) in [5.41, 5.74) is 1.50. The molecule has 3 nitrogen and oxygen atoms in total. The van der Waals surface area contributed by atoms with Crippen LogP contribution >= 0.6 is 0 Å². The zero-order valence-corrected chi connectivity index (χ0v) is 10.9. The van der Waals surface area contributed by atoms with E-state index in [1.807, 2.05) is 30.3 Å². The lowest BCUT2D eigenvalue weighted by molar-refractivity contribution is 0.726. The van der Waals surface area contributed by atoms with Crippen LogP contribution in [-0.2, 0) is 0 Å². The first-order chi connectivity index (χ1) is 9.29. The van der Waals surface area contributed by atoms with E-state index < -0.39 is 0 Å². The minimum absolute atomic E-state index is 0.305. The lowest BCUT2D eigenvalue weighted by Gasteiger charge is -2.26. The second-order valence-corrected chi connectivity index (χ2v) is 5.15. The van der Waals surface area contributed by atoms with E-state index in [0.717, 1.165) is 31.5 Å². The quantitative estimate of drug-likeness (QED) is 0.773. The molecule has 98 valence electrons. The Balaban J connectivity index is 2.01. The molecule has 1 fully saturated rings. The second-order valence-electron chi connectivity index (χ2n) is 5.15. The molecule has 19 heavy (non-hydrogen) atoms. The molecule has 0 aromatic heterocycles. The van der Waals surface area contributed by atoms with Crippen LogP contribution < -0.4 is 15.8 Å². The molecule has 1 aliphatic rings. The molecule has 1 aliphatic heterocycles. The van der Waals surface area contributed by atoms with Gasteiger partial charge in [0.05, 0.1) is 5.56 Å². The van der Waals surface area contributed by atoms with Crippen LogP contribution in [0.25, 0.3) is 11.1 Å². The Hall–Kier alpha value is -1.90. The fourth-order valence-electron chi connectivity index (χ4n) is 2.85. The average Bonchev–Trinajstić information content (AvgIpc) is 2.73. The van der Waals surface area contributed by atoms with Gasteiger partial charge in [-0.15, -0.1) is 0 Å². The normalized spacial score (nSPS) is 16.5. The van der Waals surface area contributed by atoms with Gasteiger partial charge in [-0.1, -0.05) is 43.2 Å². The third-order valence-electron chi connectivity index (χ3n) is 3.87. The summed E-state index contributed by atoms with van der Waals surface area (Å²) >= 11 is 0. The molecule has 2 aromatic carbocycles. The Morgan fingerprint density at radius 1 is 0.789 bits per heavy atom. The van der Waals surface area contributed by atoms with E-state index in [1.165, 1.54) is 12.8 Å². The Kier molecular flexibility index (Phi) is 3.20. The maximum Gasteiger partial charge on any atom is 0.250 e. The van der Waals surface area contributed by atoms with Gasteiger partial charge in [-0.05, 0) is 18.4 Å². The molecule has 0 unspecified atom stereocenters. The minimum Gasteiger partial charge on any atom is -0.368 e. The van der Waals surface area contributed by atoms with E-state index in [-0.39, 0.29) is 10.9 Å². The van der Waals surface area contributed by atoms with Gasteiger partial charge < -0.3 is 4.90 Å². The molecule has 2 aromatic rings. The topological polar surface area (TPSA) is 37.4 Å². The standard InChI is InChI=1S/C16H17NO2/c18-15-13(12-8-4-3-5-9-12)14(16(15)19)17-10-6-1-2-7-11-17/h3-5,8-9H,1-2,6-7,10-11H2. The molecule has 0 spiro atoms. The summed E-state index contributed by atoms with van der Waals surface area (Å²) in [7, 11) is 0. The van der Waals surface area contributed by atoms with Gasteiger partial charge in [0, 0.05) is 13.1 Å². The predicted octanol–water partition coefficient (Wildman–Crippen LogP) is 2.33. The van der Waals surface area contributed by atoms with Gasteiger partial charge in [0.25, 0.3) is 0 Å². The highest BCUT2D eigenvalue weighted by Crippen LogP contribution is 2.28. The lowest BCUT2D eigenvalue weighted by Crippen LogP contribution is -2.42. The molecule has 3 heteroatoms. The van der Waals surface area contributed by atoms with E-state index in [9.17, 15) is 9.59 Å². The maximum absolute atomic E-state index is 11.9. The van der Waals surface area contributed by atoms with E-state index in [1.54, 1.807) is 0 Å². The average molecular weight is 255 g/mol. The summed E-state index contributed by atoms with van der Waals surface area (Å²) in [5.74, 6) is 0. The van der Waals surface area contributed by atoms with Crippen molar-refractivity contribution in [3.8, 4) is 11.1 Å². The summed E-state index contributed by atoms with van der Waals surface area (Å²) in [6.07, 6.45) is 4.64. The van der Waals surface area contributed by atoms with Crippen LogP contribution in [-0.4, -0.2) is 13.1 Å². The molecule has 1 saturated heterocycles. The SMILES string of the molecule is O=c1c(-c2ccccc2)c(N2CCCCCC2)c1=O. The van der Waals surface area contributed by atoms with Gasteiger partial charge in [-0.3, -0.25) is 9.59 Å². The zero-order chi connectivity index (χ0) is 13.2. The van der Waals surface area contributed by atoms with Crippen LogP contribution in [0, 0.1) is 0 Å². The lowest BCUT2D eigenvalue weighted by atomic mass is 9.97. The molecule has 0 saturated carbocycles. The van der Waals surface area contributed by atoms with E-state index in [4.69, 9.17) is 0 Å². The maximum atomic E-state index is 11.9. The van der Waals surface area contributed by atoms with Crippen molar-refractivity contribution in [3.05, 3.63) is 50.8 Å². The Bertz CT molecular complexity index is 630. The molecular formula is C16H17NO2. The van der Waals surface area contributed by atoms with Crippen LogP contribution in [0.15, 0.2) is 39.9 Å². The first-order valence-electron chi connectivity index (χ1n) is 6.92. The van der Waals surface area contributed by atoms with Crippen molar-refractivity contribution in [1.82, 2.24) is 0 Å². The predicted molar refractivity (Wildman–Crippen MR) is 77.5 cm³/mol. The van der Waals surface area contributed by atoms with Crippen LogP contribution in [0.5, 0.6) is 0 Å². The number of nitrogens with zero attached hydrogens (tertiary/aromatic N) is 1. The van der Waals surface area contributed by atoms with Crippen molar-refractivity contribution >= 4 is 5.69 Å². The molecule has 0 aliphatic carbocycles. The number of benzene rings is 1. The number of anilines is 1. The third-order valence-corrected chi connectivity index (χ3v) is 3.87. The Morgan fingerprint density at radius 3 is 2.05 bits per heavy atom. The fraction of sp³-hybridized carbons (Fsp3) is 0.375. The van der Waals surface area contributed by atoms with Crippen molar-refractivity contribution in [2.75, 3.05) is 18.0 Å². The smallest absolute Gasteiger partial charge is 0.250 e. The first-order valence-corrected chi connectivity index (χ1v) is 6.92. The van der Waals surface area contributed by atoms with Gasteiger partial charge in [-0.25, -0.2) is 0 Å². The fourth-order valence-corrected chi connectivity index (χ4v) is 2.85. The number of hydrogen-bond donors (Lipinski definition) is 0. The van der Waals surface area contributed by atoms with Crippen molar-refractivity contribution in [2.45, 2.75) is 25.7 Å². The largest absolute Gasteiger partial charge is 0.368 e. The van der Waals surface area contributed by atoms with E-state index in [0.29, 0.717) is 11.3 Å². The van der Waals surface area contributed by atoms with Crippen molar-refractivity contribution in [1.29, 1.82) is 0 Å². The highest BCUT2D eigenvalue weighted by molar-refractivity contribution is 5.82. The van der Waals surface area contributed by atoms with Crippen molar-refractivity contribution in [2.24, 2.45) is 0 Å². The highest BCUT2D eigenvalue weighted by atomic mass is 16.2. The van der Waals surface area contributed by atoms with Gasteiger partial charge in [0.15, 0.2) is 0 Å². The van der Waals surface area contributed by atoms with Gasteiger partial charge >= 0.3 is 0 Å². The van der Waals surface area contributed by atoms with Gasteiger partial charge in [-0.2, -0.15) is 0 Å². The molecule has 1 heterocycles. The summed E-state index contributed by atoms with van der Waals surface area (Å²) < 4.78 is 0. The van der Waals surface area contributed by atoms with E-state index in [2.05, 4.69) is 4.90 Å². The molecule has 0 bridgehead atoms. The third kappa shape index (κ3) is 2.09. The van der Waals surface area contributed by atoms with Gasteiger partial charge in [0.2, 0.25) is 10.9 Å². The summed E-state index contributed by atoms with van der Waals surface area (Å²) in [6, 6.07) is 9.52. The number of hydrogen-bond acceptors (Lipinski definition) is 3. The molecule has 0 radical (unpaired) electrons. The van der Waals surface area contributed by atoms with Crippen LogP contribution in [0.3, 0.4) is 0 Å². The Morgan fingerprint density at radius 2 is 1.42 bits per heavy atom. The van der Waals surface area contributed by atoms with Gasteiger partial charge in [0.1, 0.15) is 5.69 Å². The molecule has 0 N–H and O–H groups in total. The van der Waals surface area contributed by atoms with E-state index >= 15 is 0 Å². The van der Waals surface area contributed by atoms with Crippen LogP contribution in [0.1, 0.15) is 25.7 Å². The Labute approximate surface area is 112 Å². The summed E-state index contributed by atoms with van der Waals surface area (Å²) in [5, 5.41) is 0. The minimum atomic E-state index is -0.328. The first kappa shape index (κ1) is 12.2. The summed E-state index contributed by atoms with van der Waals surface area (Å²) in [4.78, 5) is 25.9. The van der Waals surface area contributed by atoms with Crippen LogP contribution in [0.2, 0.25) is 0 Å². The number of rotatable bonds is 2. The molecule has 3 rings (SSSR count). The summed E-state index contributed by atoms with van der Waals surface area (Å²) in [6.45, 7) is 1.79. The monoisotopic (exact) mass is 255 g/mol. The molecule has 0 atom stereocenters. The van der Waals surface area contributed by atoms with Crippen LogP contribution in [0.4, 0.5) is 5.69 Å². The second kappa shape index (κ2) is 5.00. The van der Waals surface area contributed by atoms with Crippen molar-refractivity contribution in [3.63, 3.8) is 0 Å².